The minimum absolute atomic E-state index is 0.0598. The lowest BCUT2D eigenvalue weighted by molar-refractivity contribution is -0.345. The molecule has 17 nitrogen and oxygen atoms in total. The van der Waals surface area contributed by atoms with Crippen LogP contribution >= 0.6 is 0 Å². The Kier molecular flexibility index (Phi) is 13.7. The van der Waals surface area contributed by atoms with Crippen LogP contribution in [-0.2, 0) is 80.9 Å². The molecule has 1 aromatic carbocycles. The van der Waals surface area contributed by atoms with Gasteiger partial charge in [-0.05, 0) is 11.6 Å². The van der Waals surface area contributed by atoms with Crippen molar-refractivity contribution in [3.05, 3.63) is 53.8 Å². The molecule has 2 heterocycles. The first-order valence-corrected chi connectivity index (χ1v) is 16.6. The predicted molar refractivity (Wildman–Crippen MR) is 175 cm³/mol. The van der Waals surface area contributed by atoms with Crippen molar-refractivity contribution in [1.82, 2.24) is 0 Å². The zero-order valence-corrected chi connectivity index (χ0v) is 30.1. The summed E-state index contributed by atoms with van der Waals surface area (Å²) in [5.74, 6) is -8.34. The SMILES string of the molecule is COC(=O)C1=CO[C@@H](O[C@@H]2O[C@H](COC(C)=O)[C@@H](OC(C)=O)[C@H](OC(C)=O)[C@H]2OC(C)=O)[C@@H]2[C@H](C)[C@@H](OC(=O)/C=C/c3ccccc3)[C@@H](OC(C)=O)[C@H]12. The van der Waals surface area contributed by atoms with Gasteiger partial charge in [-0.3, -0.25) is 24.0 Å². The Bertz CT molecular complexity index is 1600. The largest absolute Gasteiger partial charge is 0.472 e. The lowest BCUT2D eigenvalue weighted by Gasteiger charge is -2.46. The standard InChI is InChI=1S/C36H42O17/c1-17-27-28(31(48-20(4)39)29(17)52-26(42)14-13-23-11-9-8-10-12-23)24(34(43)44-7)15-46-35(27)53-36-33(50-22(6)41)32(49-21(5)40)30(47-19(3)38)25(51-36)16-45-18(2)37/h8-15,17,25,27-33,35-36H,16H2,1-7H3/b14-13+/t17-,25+,27+,28+,29+,30+,31-,32-,33+,35-,36-/m0/s1. The summed E-state index contributed by atoms with van der Waals surface area (Å²) in [4.78, 5) is 87.2. The molecule has 0 spiro atoms. The smallest absolute Gasteiger partial charge is 0.337 e. The normalized spacial score (nSPS) is 30.4. The van der Waals surface area contributed by atoms with Crippen molar-refractivity contribution < 1.29 is 80.9 Å². The van der Waals surface area contributed by atoms with Crippen molar-refractivity contribution >= 4 is 47.9 Å². The first-order valence-electron chi connectivity index (χ1n) is 16.6. The Morgan fingerprint density at radius 2 is 1.28 bits per heavy atom. The molecule has 288 valence electrons. The van der Waals surface area contributed by atoms with Gasteiger partial charge in [-0.15, -0.1) is 0 Å². The van der Waals surface area contributed by atoms with Gasteiger partial charge in [0.05, 0.1) is 18.9 Å². The number of carbonyl (C=O) groups excluding carboxylic acids is 7. The van der Waals surface area contributed by atoms with Gasteiger partial charge in [0.25, 0.3) is 0 Å². The number of hydrogen-bond acceptors (Lipinski definition) is 17. The third kappa shape index (κ3) is 10.2. The van der Waals surface area contributed by atoms with E-state index in [9.17, 15) is 33.6 Å². The number of rotatable bonds is 12. The van der Waals surface area contributed by atoms with E-state index in [1.807, 2.05) is 6.07 Å². The van der Waals surface area contributed by atoms with Crippen LogP contribution in [0.25, 0.3) is 6.08 Å². The van der Waals surface area contributed by atoms with E-state index >= 15 is 0 Å². The van der Waals surface area contributed by atoms with Crippen LogP contribution in [0.4, 0.5) is 0 Å². The number of carbonyl (C=O) groups is 7. The predicted octanol–water partition coefficient (Wildman–Crippen LogP) is 1.94. The molecule has 0 aromatic heterocycles. The third-order valence-electron chi connectivity index (χ3n) is 8.62. The van der Waals surface area contributed by atoms with E-state index in [-0.39, 0.29) is 5.57 Å². The molecule has 1 aromatic rings. The monoisotopic (exact) mass is 746 g/mol. The molecule has 1 saturated carbocycles. The summed E-state index contributed by atoms with van der Waals surface area (Å²) in [6.45, 7) is 6.65. The van der Waals surface area contributed by atoms with Gasteiger partial charge in [0.15, 0.2) is 18.3 Å². The average Bonchev–Trinajstić information content (AvgIpc) is 3.35. The highest BCUT2D eigenvalue weighted by molar-refractivity contribution is 5.90. The second-order valence-corrected chi connectivity index (χ2v) is 12.5. The Morgan fingerprint density at radius 3 is 1.87 bits per heavy atom. The second-order valence-electron chi connectivity index (χ2n) is 12.5. The van der Waals surface area contributed by atoms with Crippen molar-refractivity contribution in [3.63, 3.8) is 0 Å². The minimum atomic E-state index is -1.66. The molecule has 3 aliphatic rings. The molecule has 0 unspecified atom stereocenters. The Hall–Kier alpha value is -5.29. The van der Waals surface area contributed by atoms with Gasteiger partial charge < -0.3 is 47.4 Å². The van der Waals surface area contributed by atoms with Crippen LogP contribution in [0, 0.1) is 17.8 Å². The van der Waals surface area contributed by atoms with Crippen molar-refractivity contribution in [1.29, 1.82) is 0 Å². The van der Waals surface area contributed by atoms with E-state index in [1.165, 1.54) is 12.2 Å². The molecule has 11 atom stereocenters. The summed E-state index contributed by atoms with van der Waals surface area (Å²) in [6.07, 6.45) is -7.60. The zero-order valence-electron chi connectivity index (χ0n) is 30.1. The fourth-order valence-corrected chi connectivity index (χ4v) is 6.64. The second kappa shape index (κ2) is 18.0. The summed E-state index contributed by atoms with van der Waals surface area (Å²) in [5.41, 5.74) is 0.659. The van der Waals surface area contributed by atoms with Gasteiger partial charge in [-0.1, -0.05) is 37.3 Å². The van der Waals surface area contributed by atoms with Crippen LogP contribution in [0.2, 0.25) is 0 Å². The maximum atomic E-state index is 13.1. The number of fused-ring (bicyclic) bond motifs is 1. The summed E-state index contributed by atoms with van der Waals surface area (Å²) in [7, 11) is 1.14. The molecule has 17 heteroatoms. The number of ether oxygens (including phenoxy) is 10. The van der Waals surface area contributed by atoms with Crippen LogP contribution in [0.1, 0.15) is 47.1 Å². The molecular weight excluding hydrogens is 704 g/mol. The van der Waals surface area contributed by atoms with Crippen LogP contribution in [0.15, 0.2) is 48.2 Å². The van der Waals surface area contributed by atoms with Gasteiger partial charge >= 0.3 is 41.8 Å². The van der Waals surface area contributed by atoms with Gasteiger partial charge in [-0.2, -0.15) is 0 Å². The summed E-state index contributed by atoms with van der Waals surface area (Å²) < 4.78 is 56.4. The quantitative estimate of drug-likeness (QED) is 0.170. The first-order chi connectivity index (χ1) is 25.1. The highest BCUT2D eigenvalue weighted by atomic mass is 16.8. The number of esters is 7. The van der Waals surface area contributed by atoms with E-state index in [0.717, 1.165) is 53.6 Å². The topological polar surface area (TPSA) is 212 Å². The molecule has 0 radical (unpaired) electrons. The number of hydrogen-bond donors (Lipinski definition) is 0. The van der Waals surface area contributed by atoms with Crippen molar-refractivity contribution in [2.24, 2.45) is 17.8 Å². The van der Waals surface area contributed by atoms with Crippen LogP contribution in [0.3, 0.4) is 0 Å². The summed E-state index contributed by atoms with van der Waals surface area (Å²) in [5, 5.41) is 0. The molecule has 1 aliphatic carbocycles. The Labute approximate surface area is 304 Å². The van der Waals surface area contributed by atoms with Gasteiger partial charge in [0.1, 0.15) is 24.9 Å². The van der Waals surface area contributed by atoms with Crippen molar-refractivity contribution in [2.75, 3.05) is 13.7 Å². The van der Waals surface area contributed by atoms with E-state index in [0.29, 0.717) is 0 Å². The molecule has 0 amide bonds. The third-order valence-corrected chi connectivity index (χ3v) is 8.62. The van der Waals surface area contributed by atoms with Crippen molar-refractivity contribution in [3.8, 4) is 0 Å². The van der Waals surface area contributed by atoms with E-state index in [2.05, 4.69) is 0 Å². The minimum Gasteiger partial charge on any atom is -0.472 e. The number of benzene rings is 1. The maximum Gasteiger partial charge on any atom is 0.337 e. The van der Waals surface area contributed by atoms with Gasteiger partial charge in [0.2, 0.25) is 12.6 Å². The molecule has 4 rings (SSSR count). The fraction of sp³-hybridized carbons (Fsp3) is 0.528. The fourth-order valence-electron chi connectivity index (χ4n) is 6.64. The van der Waals surface area contributed by atoms with E-state index in [1.54, 1.807) is 31.2 Å². The zero-order chi connectivity index (χ0) is 39.0. The molecule has 0 N–H and O–H groups in total. The van der Waals surface area contributed by atoms with Crippen molar-refractivity contribution in [2.45, 2.75) is 90.7 Å². The highest BCUT2D eigenvalue weighted by Crippen LogP contribution is 2.50. The Morgan fingerprint density at radius 1 is 0.698 bits per heavy atom. The molecule has 53 heavy (non-hydrogen) atoms. The molecule has 2 aliphatic heterocycles. The van der Waals surface area contributed by atoms with Crippen LogP contribution in [-0.4, -0.2) is 105 Å². The van der Waals surface area contributed by atoms with E-state index < -0.39 is 115 Å². The van der Waals surface area contributed by atoms with Gasteiger partial charge in [-0.25, -0.2) is 9.59 Å². The lowest BCUT2D eigenvalue weighted by Crippen LogP contribution is -2.63. The van der Waals surface area contributed by atoms with E-state index in [4.69, 9.17) is 47.4 Å². The molecule has 2 fully saturated rings. The van der Waals surface area contributed by atoms with Crippen LogP contribution in [0.5, 0.6) is 0 Å². The first kappa shape index (κ1) is 40.5. The summed E-state index contributed by atoms with van der Waals surface area (Å²) >= 11 is 0. The van der Waals surface area contributed by atoms with Crippen LogP contribution < -0.4 is 0 Å². The maximum absolute atomic E-state index is 13.1. The number of methoxy groups -OCH3 is 1. The average molecular weight is 747 g/mol. The lowest BCUT2D eigenvalue weighted by atomic mass is 9.82. The highest BCUT2D eigenvalue weighted by Gasteiger charge is 2.62. The van der Waals surface area contributed by atoms with Gasteiger partial charge in [0, 0.05) is 58.4 Å². The Balaban J connectivity index is 1.75. The molecule has 0 bridgehead atoms. The summed E-state index contributed by atoms with van der Waals surface area (Å²) in [6, 6.07) is 8.95. The molecular formula is C36H42O17. The molecule has 1 saturated heterocycles.